The third-order valence-corrected chi connectivity index (χ3v) is 2.58. The molecule has 1 fully saturated rings. The maximum atomic E-state index is 5.67. The Kier molecular flexibility index (Phi) is 2.17. The van der Waals surface area contributed by atoms with Gasteiger partial charge in [-0.25, -0.2) is 0 Å². The topological polar surface area (TPSA) is 53.6 Å². The summed E-state index contributed by atoms with van der Waals surface area (Å²) in [6, 6.07) is 0.523. The van der Waals surface area contributed by atoms with Crippen molar-refractivity contribution in [2.24, 2.45) is 10.7 Å². The smallest absolute Gasteiger partial charge is 0.194 e. The second-order valence-corrected chi connectivity index (χ2v) is 3.36. The number of nitrogens with one attached hydrogen (secondary N) is 1. The van der Waals surface area contributed by atoms with E-state index in [-0.39, 0.29) is 0 Å². The first-order valence-electron chi connectivity index (χ1n) is 4.67. The lowest BCUT2D eigenvalue weighted by molar-refractivity contribution is 0.386. The summed E-state index contributed by atoms with van der Waals surface area (Å²) in [4.78, 5) is 6.70. The minimum Gasteiger partial charge on any atom is -0.354 e. The standard InChI is InChI=1S/C8H16N4/c9-6-7-2-1-5-12(7)8-10-3-4-11-8/h7H,1-6,9H2,(H,10,11). The lowest BCUT2D eigenvalue weighted by Crippen LogP contribution is -2.44. The maximum Gasteiger partial charge on any atom is 0.194 e. The van der Waals surface area contributed by atoms with Gasteiger partial charge in [-0.1, -0.05) is 0 Å². The Balaban J connectivity index is 2.01. The van der Waals surface area contributed by atoms with Crippen LogP contribution in [0.25, 0.3) is 0 Å². The Morgan fingerprint density at radius 3 is 3.25 bits per heavy atom. The third kappa shape index (κ3) is 1.27. The molecule has 2 aliphatic rings. The summed E-state index contributed by atoms with van der Waals surface area (Å²) < 4.78 is 0. The molecule has 3 N–H and O–H groups in total. The van der Waals surface area contributed by atoms with Gasteiger partial charge in [0, 0.05) is 25.7 Å². The van der Waals surface area contributed by atoms with Gasteiger partial charge in [-0.05, 0) is 12.8 Å². The molecule has 0 aromatic carbocycles. The second kappa shape index (κ2) is 3.31. The first-order valence-corrected chi connectivity index (χ1v) is 4.67. The van der Waals surface area contributed by atoms with Crippen LogP contribution < -0.4 is 11.1 Å². The summed E-state index contributed by atoms with van der Waals surface area (Å²) in [6.07, 6.45) is 2.47. The molecule has 1 atom stereocenters. The highest BCUT2D eigenvalue weighted by atomic mass is 15.3. The molecule has 0 amide bonds. The molecule has 0 saturated carbocycles. The molecule has 0 spiro atoms. The van der Waals surface area contributed by atoms with E-state index in [4.69, 9.17) is 5.73 Å². The molecule has 1 unspecified atom stereocenters. The first kappa shape index (κ1) is 7.86. The SMILES string of the molecule is NCC1CCCN1C1=NCCN1. The molecule has 2 heterocycles. The quantitative estimate of drug-likeness (QED) is 0.548. The van der Waals surface area contributed by atoms with Crippen molar-refractivity contribution in [1.82, 2.24) is 10.2 Å². The summed E-state index contributed by atoms with van der Waals surface area (Å²) in [6.45, 7) is 3.78. The van der Waals surface area contributed by atoms with Gasteiger partial charge < -0.3 is 16.0 Å². The van der Waals surface area contributed by atoms with E-state index in [1.54, 1.807) is 0 Å². The largest absolute Gasteiger partial charge is 0.354 e. The maximum absolute atomic E-state index is 5.67. The molecular weight excluding hydrogens is 152 g/mol. The fourth-order valence-electron chi connectivity index (χ4n) is 1.94. The van der Waals surface area contributed by atoms with Crippen molar-refractivity contribution in [3.8, 4) is 0 Å². The van der Waals surface area contributed by atoms with Crippen LogP contribution in [0.2, 0.25) is 0 Å². The van der Waals surface area contributed by atoms with Crippen molar-refractivity contribution in [3.63, 3.8) is 0 Å². The first-order chi connectivity index (χ1) is 5.92. The Bertz CT molecular complexity index is 189. The third-order valence-electron chi connectivity index (χ3n) is 2.58. The van der Waals surface area contributed by atoms with Crippen LogP contribution in [0.15, 0.2) is 4.99 Å². The molecule has 0 aliphatic carbocycles. The van der Waals surface area contributed by atoms with E-state index in [1.807, 2.05) is 0 Å². The molecule has 0 aromatic rings. The van der Waals surface area contributed by atoms with Crippen molar-refractivity contribution >= 4 is 5.96 Å². The molecule has 1 saturated heterocycles. The predicted molar refractivity (Wildman–Crippen MR) is 49.1 cm³/mol. The number of hydrogen-bond donors (Lipinski definition) is 2. The predicted octanol–water partition coefficient (Wildman–Crippen LogP) is -0.631. The van der Waals surface area contributed by atoms with Gasteiger partial charge in [-0.15, -0.1) is 0 Å². The second-order valence-electron chi connectivity index (χ2n) is 3.36. The summed E-state index contributed by atoms with van der Waals surface area (Å²) in [5.74, 6) is 1.07. The van der Waals surface area contributed by atoms with E-state index in [0.717, 1.165) is 32.1 Å². The number of hydrogen-bond acceptors (Lipinski definition) is 4. The van der Waals surface area contributed by atoms with Crippen LogP contribution in [0.3, 0.4) is 0 Å². The molecule has 2 rings (SSSR count). The zero-order valence-electron chi connectivity index (χ0n) is 7.29. The van der Waals surface area contributed by atoms with E-state index in [9.17, 15) is 0 Å². The summed E-state index contributed by atoms with van der Waals surface area (Å²) in [7, 11) is 0. The van der Waals surface area contributed by atoms with Gasteiger partial charge in [0.25, 0.3) is 0 Å². The molecule has 0 radical (unpaired) electrons. The van der Waals surface area contributed by atoms with E-state index in [2.05, 4.69) is 15.2 Å². The van der Waals surface area contributed by atoms with Gasteiger partial charge >= 0.3 is 0 Å². The number of likely N-dealkylation sites (tertiary alicyclic amines) is 1. The Labute approximate surface area is 72.8 Å². The molecule has 68 valence electrons. The number of guanidine groups is 1. The van der Waals surface area contributed by atoms with Crippen molar-refractivity contribution in [1.29, 1.82) is 0 Å². The van der Waals surface area contributed by atoms with Crippen LogP contribution in [-0.2, 0) is 0 Å². The molecule has 4 nitrogen and oxygen atoms in total. The normalized spacial score (nSPS) is 28.9. The molecule has 2 aliphatic heterocycles. The van der Waals surface area contributed by atoms with Gasteiger partial charge in [0.1, 0.15) is 0 Å². The van der Waals surface area contributed by atoms with E-state index < -0.39 is 0 Å². The van der Waals surface area contributed by atoms with Crippen LogP contribution >= 0.6 is 0 Å². The van der Waals surface area contributed by atoms with Gasteiger partial charge in [0.2, 0.25) is 0 Å². The highest BCUT2D eigenvalue weighted by molar-refractivity contribution is 5.82. The van der Waals surface area contributed by atoms with Crippen molar-refractivity contribution in [2.75, 3.05) is 26.2 Å². The van der Waals surface area contributed by atoms with E-state index in [0.29, 0.717) is 6.04 Å². The summed E-state index contributed by atoms with van der Waals surface area (Å²) >= 11 is 0. The minimum absolute atomic E-state index is 0.523. The lowest BCUT2D eigenvalue weighted by atomic mass is 10.2. The number of aliphatic imine (C=N–C) groups is 1. The molecule has 0 bridgehead atoms. The van der Waals surface area contributed by atoms with E-state index >= 15 is 0 Å². The minimum atomic E-state index is 0.523. The fraction of sp³-hybridized carbons (Fsp3) is 0.875. The zero-order chi connectivity index (χ0) is 8.39. The average molecular weight is 168 g/mol. The van der Waals surface area contributed by atoms with E-state index in [1.165, 1.54) is 12.8 Å². The zero-order valence-corrected chi connectivity index (χ0v) is 7.29. The molecule has 12 heavy (non-hydrogen) atoms. The molecule has 0 aromatic heterocycles. The van der Waals surface area contributed by atoms with Crippen LogP contribution in [0.4, 0.5) is 0 Å². The highest BCUT2D eigenvalue weighted by Gasteiger charge is 2.26. The van der Waals surface area contributed by atoms with Gasteiger partial charge in [-0.2, -0.15) is 0 Å². The van der Waals surface area contributed by atoms with Crippen LogP contribution in [0, 0.1) is 0 Å². The Morgan fingerprint density at radius 2 is 2.58 bits per heavy atom. The monoisotopic (exact) mass is 168 g/mol. The van der Waals surface area contributed by atoms with Crippen molar-refractivity contribution < 1.29 is 0 Å². The highest BCUT2D eigenvalue weighted by Crippen LogP contribution is 2.16. The number of rotatable bonds is 1. The van der Waals surface area contributed by atoms with Crippen molar-refractivity contribution in [2.45, 2.75) is 18.9 Å². The van der Waals surface area contributed by atoms with Crippen LogP contribution in [0.1, 0.15) is 12.8 Å². The molecular formula is C8H16N4. The van der Waals surface area contributed by atoms with Crippen LogP contribution in [0.5, 0.6) is 0 Å². The lowest BCUT2D eigenvalue weighted by Gasteiger charge is -2.24. The van der Waals surface area contributed by atoms with Gasteiger partial charge in [0.15, 0.2) is 5.96 Å². The summed E-state index contributed by atoms with van der Waals surface area (Å²) in [5.41, 5.74) is 5.67. The molecule has 4 heteroatoms. The Hall–Kier alpha value is -0.770. The van der Waals surface area contributed by atoms with Gasteiger partial charge in [0.05, 0.1) is 6.54 Å². The van der Waals surface area contributed by atoms with Gasteiger partial charge in [-0.3, -0.25) is 4.99 Å². The fourth-order valence-corrected chi connectivity index (χ4v) is 1.94. The Morgan fingerprint density at radius 1 is 1.67 bits per heavy atom. The van der Waals surface area contributed by atoms with Crippen LogP contribution in [-0.4, -0.2) is 43.1 Å². The average Bonchev–Trinajstić information content (AvgIpc) is 2.74. The van der Waals surface area contributed by atoms with Crippen molar-refractivity contribution in [3.05, 3.63) is 0 Å². The number of nitrogens with zero attached hydrogens (tertiary/aromatic N) is 2. The summed E-state index contributed by atoms with van der Waals surface area (Å²) in [5, 5.41) is 3.28. The number of nitrogens with two attached hydrogens (primary N) is 1.